The second-order valence-electron chi connectivity index (χ2n) is 4.66. The Balaban J connectivity index is 0.00000400. The molecule has 0 amide bonds. The molecule has 0 radical (unpaired) electrons. The summed E-state index contributed by atoms with van der Waals surface area (Å²) in [5.41, 5.74) is 0.833. The van der Waals surface area contributed by atoms with Crippen molar-refractivity contribution in [2.75, 3.05) is 26.4 Å². The number of hydrogen-bond acceptors (Lipinski definition) is 5. The average molecular weight is 357 g/mol. The summed E-state index contributed by atoms with van der Waals surface area (Å²) in [6.45, 7) is 3.90. The van der Waals surface area contributed by atoms with Crippen molar-refractivity contribution in [1.29, 1.82) is 0 Å². The maximum absolute atomic E-state index is 12.2. The number of sulfonamides is 1. The third kappa shape index (κ3) is 5.23. The molecule has 9 heteroatoms. The van der Waals surface area contributed by atoms with Crippen molar-refractivity contribution >= 4 is 32.3 Å². The summed E-state index contributed by atoms with van der Waals surface area (Å²) in [6, 6.07) is 2.96. The third-order valence-corrected chi connectivity index (χ3v) is 5.62. The molecule has 0 unspecified atom stereocenters. The van der Waals surface area contributed by atoms with E-state index in [-0.39, 0.29) is 34.3 Å². The van der Waals surface area contributed by atoms with Crippen molar-refractivity contribution in [3.05, 3.63) is 23.3 Å². The van der Waals surface area contributed by atoms with Crippen molar-refractivity contribution < 1.29 is 16.8 Å². The molecule has 6 nitrogen and oxygen atoms in total. The van der Waals surface area contributed by atoms with Crippen LogP contribution in [-0.4, -0.2) is 43.2 Å². The molecule has 122 valence electrons. The fourth-order valence-corrected chi connectivity index (χ4v) is 4.36. The van der Waals surface area contributed by atoms with Gasteiger partial charge in [0.2, 0.25) is 10.0 Å². The van der Waals surface area contributed by atoms with Gasteiger partial charge in [-0.1, -0.05) is 0 Å². The van der Waals surface area contributed by atoms with Gasteiger partial charge in [0.1, 0.15) is 0 Å². The lowest BCUT2D eigenvalue weighted by atomic mass is 10.2. The molecule has 1 rings (SSSR count). The summed E-state index contributed by atoms with van der Waals surface area (Å²) < 4.78 is 50.3. The van der Waals surface area contributed by atoms with E-state index in [2.05, 4.69) is 10.0 Å². The topological polar surface area (TPSA) is 92.3 Å². The normalized spacial score (nSPS) is 12.0. The number of nitrogens with one attached hydrogen (secondary N) is 2. The minimum Gasteiger partial charge on any atom is -0.318 e. The highest BCUT2D eigenvalue weighted by Crippen LogP contribution is 2.24. The fraction of sp³-hybridized carbons (Fsp3) is 0.500. The number of rotatable bonds is 6. The van der Waals surface area contributed by atoms with Gasteiger partial charge in [-0.15, -0.1) is 12.4 Å². The van der Waals surface area contributed by atoms with Gasteiger partial charge in [-0.05, 0) is 44.2 Å². The van der Waals surface area contributed by atoms with E-state index >= 15 is 0 Å². The van der Waals surface area contributed by atoms with Crippen molar-refractivity contribution in [3.8, 4) is 0 Å². The zero-order valence-corrected chi connectivity index (χ0v) is 14.9. The van der Waals surface area contributed by atoms with Crippen molar-refractivity contribution in [1.82, 2.24) is 10.0 Å². The highest BCUT2D eigenvalue weighted by molar-refractivity contribution is 7.91. The van der Waals surface area contributed by atoms with Gasteiger partial charge in [0.25, 0.3) is 0 Å². The molecular weight excluding hydrogens is 336 g/mol. The summed E-state index contributed by atoms with van der Waals surface area (Å²) in [4.78, 5) is 0.0560. The number of hydrogen-bond donors (Lipinski definition) is 2. The predicted molar refractivity (Wildman–Crippen MR) is 85.4 cm³/mol. The molecule has 21 heavy (non-hydrogen) atoms. The number of sulfone groups is 1. The van der Waals surface area contributed by atoms with Gasteiger partial charge in [0.15, 0.2) is 9.84 Å². The molecule has 0 aliphatic carbocycles. The molecule has 0 heterocycles. The molecule has 2 N–H and O–H groups in total. The van der Waals surface area contributed by atoms with E-state index in [1.807, 2.05) is 0 Å². The first-order valence-corrected chi connectivity index (χ1v) is 9.42. The van der Waals surface area contributed by atoms with Crippen LogP contribution in [0.1, 0.15) is 11.1 Å². The van der Waals surface area contributed by atoms with Crippen LogP contribution in [0.3, 0.4) is 0 Å². The van der Waals surface area contributed by atoms with E-state index in [0.717, 1.165) is 6.26 Å². The van der Waals surface area contributed by atoms with Gasteiger partial charge < -0.3 is 5.32 Å². The van der Waals surface area contributed by atoms with Crippen LogP contribution in [0.15, 0.2) is 21.9 Å². The first-order chi connectivity index (χ1) is 9.09. The Bertz CT molecular complexity index is 700. The Labute approximate surface area is 132 Å². The Hall–Kier alpha value is -0.670. The average Bonchev–Trinajstić information content (AvgIpc) is 2.30. The van der Waals surface area contributed by atoms with Gasteiger partial charge in [-0.2, -0.15) is 0 Å². The summed E-state index contributed by atoms with van der Waals surface area (Å²) in [7, 11) is -5.48. The van der Waals surface area contributed by atoms with Crippen LogP contribution in [0, 0.1) is 13.8 Å². The van der Waals surface area contributed by atoms with E-state index in [1.54, 1.807) is 14.0 Å². The molecule has 0 atom stereocenters. The smallest absolute Gasteiger partial charge is 0.240 e. The number of likely N-dealkylation sites (N-methyl/N-ethyl adjacent to an activating group) is 1. The number of halogens is 1. The van der Waals surface area contributed by atoms with Gasteiger partial charge in [0, 0.05) is 19.3 Å². The molecule has 0 bridgehead atoms. The summed E-state index contributed by atoms with van der Waals surface area (Å²) in [5.74, 6) is 0. The number of aryl methyl sites for hydroxylation is 1. The molecule has 0 spiro atoms. The van der Waals surface area contributed by atoms with Crippen LogP contribution in [0.5, 0.6) is 0 Å². The van der Waals surface area contributed by atoms with E-state index in [1.165, 1.54) is 19.1 Å². The predicted octanol–water partition coefficient (Wildman–Crippen LogP) is 0.626. The minimum atomic E-state index is -3.72. The van der Waals surface area contributed by atoms with Crippen LogP contribution >= 0.6 is 12.4 Å². The Morgan fingerprint density at radius 3 is 2.00 bits per heavy atom. The molecule has 0 aromatic heterocycles. The van der Waals surface area contributed by atoms with E-state index in [9.17, 15) is 16.8 Å². The molecule has 0 saturated carbocycles. The van der Waals surface area contributed by atoms with E-state index < -0.39 is 19.9 Å². The quantitative estimate of drug-likeness (QED) is 0.729. The van der Waals surface area contributed by atoms with Crippen molar-refractivity contribution in [3.63, 3.8) is 0 Å². The lowest BCUT2D eigenvalue weighted by Crippen LogP contribution is -2.31. The first kappa shape index (κ1) is 20.3. The van der Waals surface area contributed by atoms with Gasteiger partial charge in [-0.25, -0.2) is 21.6 Å². The fourth-order valence-electron chi connectivity index (χ4n) is 1.85. The Kier molecular flexibility index (Phi) is 7.31. The molecule has 0 aliphatic heterocycles. The highest BCUT2D eigenvalue weighted by Gasteiger charge is 2.22. The second-order valence-corrected chi connectivity index (χ2v) is 8.38. The second kappa shape index (κ2) is 7.55. The van der Waals surface area contributed by atoms with Crippen LogP contribution in [0.4, 0.5) is 0 Å². The van der Waals surface area contributed by atoms with Crippen LogP contribution in [-0.2, 0) is 19.9 Å². The standard InChI is InChI=1S/C12H20N2O4S2.ClH/c1-9-7-11(19(4,15)16)10(2)12(8-9)20(17,18)14-6-5-13-3;/h7-8,13-14H,5-6H2,1-4H3;1H. The monoisotopic (exact) mass is 356 g/mol. The number of benzene rings is 1. The molecule has 0 saturated heterocycles. The highest BCUT2D eigenvalue weighted by atomic mass is 35.5. The molecule has 1 aromatic rings. The van der Waals surface area contributed by atoms with Crippen LogP contribution in [0.2, 0.25) is 0 Å². The molecular formula is C12H21ClN2O4S2. The molecule has 1 aromatic carbocycles. The van der Waals surface area contributed by atoms with Crippen molar-refractivity contribution in [2.24, 2.45) is 0 Å². The SMILES string of the molecule is CNCCNS(=O)(=O)c1cc(C)cc(S(C)(=O)=O)c1C.Cl. The van der Waals surface area contributed by atoms with Crippen molar-refractivity contribution in [2.45, 2.75) is 23.6 Å². The van der Waals surface area contributed by atoms with Crippen LogP contribution in [0.25, 0.3) is 0 Å². The summed E-state index contributed by atoms with van der Waals surface area (Å²) >= 11 is 0. The first-order valence-electron chi connectivity index (χ1n) is 6.05. The van der Waals surface area contributed by atoms with Gasteiger partial charge in [0.05, 0.1) is 9.79 Å². The summed E-state index contributed by atoms with van der Waals surface area (Å²) in [5, 5.41) is 2.83. The Morgan fingerprint density at radius 2 is 1.52 bits per heavy atom. The zero-order chi connectivity index (χ0) is 15.6. The van der Waals surface area contributed by atoms with E-state index in [4.69, 9.17) is 0 Å². The van der Waals surface area contributed by atoms with Gasteiger partial charge in [-0.3, -0.25) is 0 Å². The Morgan fingerprint density at radius 1 is 1.00 bits per heavy atom. The molecule has 0 fully saturated rings. The third-order valence-electron chi connectivity index (χ3n) is 2.81. The van der Waals surface area contributed by atoms with Crippen LogP contribution < -0.4 is 10.0 Å². The summed E-state index contributed by atoms with van der Waals surface area (Å²) in [6.07, 6.45) is 1.07. The largest absolute Gasteiger partial charge is 0.318 e. The lowest BCUT2D eigenvalue weighted by Gasteiger charge is -2.13. The maximum atomic E-state index is 12.2. The van der Waals surface area contributed by atoms with Gasteiger partial charge >= 0.3 is 0 Å². The zero-order valence-electron chi connectivity index (χ0n) is 12.4. The van der Waals surface area contributed by atoms with E-state index in [0.29, 0.717) is 12.1 Å². The minimum absolute atomic E-state index is 0. The molecule has 0 aliphatic rings. The maximum Gasteiger partial charge on any atom is 0.240 e. The lowest BCUT2D eigenvalue weighted by molar-refractivity contribution is 0.578.